The molecule has 0 aliphatic carbocycles. The summed E-state index contributed by atoms with van der Waals surface area (Å²) in [5.41, 5.74) is 3.39. The van der Waals surface area contributed by atoms with Crippen molar-refractivity contribution in [1.82, 2.24) is 0 Å². The van der Waals surface area contributed by atoms with Crippen LogP contribution in [-0.4, -0.2) is 6.61 Å². The maximum Gasteiger partial charge on any atom is 0.123 e. The summed E-state index contributed by atoms with van der Waals surface area (Å²) in [5.74, 6) is 1.61. The summed E-state index contributed by atoms with van der Waals surface area (Å²) in [6.45, 7) is 1.84. The van der Waals surface area contributed by atoms with E-state index in [1.54, 1.807) is 0 Å². The molecule has 25 heavy (non-hydrogen) atoms. The minimum absolute atomic E-state index is 0.166. The van der Waals surface area contributed by atoms with Gasteiger partial charge >= 0.3 is 0 Å². The molecule has 1 atom stereocenters. The molecule has 0 radical (unpaired) electrons. The van der Waals surface area contributed by atoms with Crippen molar-refractivity contribution in [2.45, 2.75) is 19.3 Å². The molecular weight excluding hydrogens is 312 g/mol. The fraction of sp³-hybridized carbons (Fsp3) is 0.182. The maximum absolute atomic E-state index is 5.97. The summed E-state index contributed by atoms with van der Waals surface area (Å²) >= 11 is 0. The first-order valence-corrected chi connectivity index (χ1v) is 8.47. The predicted molar refractivity (Wildman–Crippen MR) is 96.7 cm³/mol. The highest BCUT2D eigenvalue weighted by atomic mass is 16.6. The van der Waals surface area contributed by atoms with Crippen molar-refractivity contribution >= 4 is 0 Å². The lowest BCUT2D eigenvalue weighted by Gasteiger charge is -2.12. The van der Waals surface area contributed by atoms with E-state index in [9.17, 15) is 0 Å². The number of rotatable bonds is 7. The van der Waals surface area contributed by atoms with Crippen molar-refractivity contribution in [2.75, 3.05) is 6.61 Å². The van der Waals surface area contributed by atoms with Gasteiger partial charge in [-0.3, -0.25) is 0 Å². The van der Waals surface area contributed by atoms with E-state index in [-0.39, 0.29) is 6.10 Å². The highest BCUT2D eigenvalue weighted by Gasteiger charge is 2.26. The van der Waals surface area contributed by atoms with Crippen molar-refractivity contribution in [3.8, 4) is 11.5 Å². The molecule has 1 heterocycles. The van der Waals surface area contributed by atoms with Gasteiger partial charge in [0.05, 0.1) is 6.61 Å². The smallest absolute Gasteiger partial charge is 0.123 e. The molecule has 0 saturated carbocycles. The highest BCUT2D eigenvalue weighted by molar-refractivity contribution is 5.40. The molecule has 0 N–H and O–H groups in total. The Morgan fingerprint density at radius 1 is 0.720 bits per heavy atom. The largest absolute Gasteiger partial charge is 0.489 e. The van der Waals surface area contributed by atoms with Crippen LogP contribution >= 0.6 is 0 Å². The van der Waals surface area contributed by atoms with Gasteiger partial charge in [0.1, 0.15) is 30.8 Å². The number of ether oxygens (including phenoxy) is 3. The molecule has 0 spiro atoms. The van der Waals surface area contributed by atoms with E-state index in [1.807, 2.05) is 54.6 Å². The second-order valence-electron chi connectivity index (χ2n) is 6.11. The fourth-order valence-corrected chi connectivity index (χ4v) is 2.67. The van der Waals surface area contributed by atoms with Crippen molar-refractivity contribution in [3.05, 3.63) is 95.6 Å². The third-order valence-corrected chi connectivity index (χ3v) is 4.10. The average molecular weight is 332 g/mol. The molecule has 3 heteroatoms. The van der Waals surface area contributed by atoms with E-state index >= 15 is 0 Å². The normalized spacial score (nSPS) is 15.6. The second kappa shape index (κ2) is 7.41. The van der Waals surface area contributed by atoms with Crippen LogP contribution in [0, 0.1) is 0 Å². The molecule has 1 aliphatic heterocycles. The first-order chi connectivity index (χ1) is 12.4. The van der Waals surface area contributed by atoms with Gasteiger partial charge in [0.2, 0.25) is 0 Å². The molecule has 0 amide bonds. The molecule has 3 aromatic carbocycles. The van der Waals surface area contributed by atoms with Crippen molar-refractivity contribution in [1.29, 1.82) is 0 Å². The lowest BCUT2D eigenvalue weighted by atomic mass is 10.1. The Hall–Kier alpha value is -2.78. The Labute approximate surface area is 147 Å². The number of hydrogen-bond donors (Lipinski definition) is 0. The van der Waals surface area contributed by atoms with Crippen molar-refractivity contribution in [2.24, 2.45) is 0 Å². The van der Waals surface area contributed by atoms with Gasteiger partial charge in [-0.1, -0.05) is 60.7 Å². The Morgan fingerprint density at radius 3 is 1.64 bits per heavy atom. The van der Waals surface area contributed by atoms with E-state index < -0.39 is 0 Å². The second-order valence-corrected chi connectivity index (χ2v) is 6.11. The quantitative estimate of drug-likeness (QED) is 0.576. The highest BCUT2D eigenvalue weighted by Crippen LogP contribution is 2.35. The topological polar surface area (TPSA) is 31.0 Å². The lowest BCUT2D eigenvalue weighted by molar-refractivity contribution is 0.288. The molecule has 1 unspecified atom stereocenters. The summed E-state index contributed by atoms with van der Waals surface area (Å²) in [7, 11) is 0. The summed E-state index contributed by atoms with van der Waals surface area (Å²) in [6.07, 6.45) is 0.166. The van der Waals surface area contributed by atoms with Gasteiger partial charge in [-0.2, -0.15) is 0 Å². The summed E-state index contributed by atoms with van der Waals surface area (Å²) in [4.78, 5) is 0. The first-order valence-electron chi connectivity index (χ1n) is 8.47. The van der Waals surface area contributed by atoms with Crippen molar-refractivity contribution in [3.63, 3.8) is 0 Å². The van der Waals surface area contributed by atoms with Crippen LogP contribution in [0.2, 0.25) is 0 Å². The molecule has 4 rings (SSSR count). The number of benzene rings is 3. The van der Waals surface area contributed by atoms with Crippen LogP contribution in [0.5, 0.6) is 11.5 Å². The van der Waals surface area contributed by atoms with E-state index in [0.29, 0.717) is 13.2 Å². The zero-order valence-electron chi connectivity index (χ0n) is 13.9. The Morgan fingerprint density at radius 2 is 1.20 bits per heavy atom. The van der Waals surface area contributed by atoms with Crippen LogP contribution in [0.15, 0.2) is 78.9 Å². The molecular formula is C22H20O3. The third-order valence-electron chi connectivity index (χ3n) is 4.10. The molecule has 0 aromatic heterocycles. The molecule has 3 aromatic rings. The van der Waals surface area contributed by atoms with E-state index in [1.165, 1.54) is 0 Å². The van der Waals surface area contributed by atoms with Gasteiger partial charge in [-0.25, -0.2) is 0 Å². The maximum atomic E-state index is 5.97. The van der Waals surface area contributed by atoms with Gasteiger partial charge in [0.25, 0.3) is 0 Å². The van der Waals surface area contributed by atoms with Crippen LogP contribution < -0.4 is 9.47 Å². The van der Waals surface area contributed by atoms with Gasteiger partial charge < -0.3 is 14.2 Å². The Kier molecular flexibility index (Phi) is 4.66. The van der Waals surface area contributed by atoms with Crippen LogP contribution in [0.3, 0.4) is 0 Å². The monoisotopic (exact) mass is 332 g/mol. The molecule has 126 valence electrons. The fourth-order valence-electron chi connectivity index (χ4n) is 2.67. The predicted octanol–water partition coefficient (Wildman–Crippen LogP) is 4.92. The van der Waals surface area contributed by atoms with E-state index in [0.717, 1.165) is 34.8 Å². The molecule has 1 saturated heterocycles. The first kappa shape index (κ1) is 15.7. The number of hydrogen-bond acceptors (Lipinski definition) is 3. The minimum Gasteiger partial charge on any atom is -0.489 e. The van der Waals surface area contributed by atoms with E-state index in [4.69, 9.17) is 14.2 Å². The van der Waals surface area contributed by atoms with E-state index in [2.05, 4.69) is 24.3 Å². The SMILES string of the molecule is c1ccc(COc2cc(OCc3ccccc3)cc(C3CO3)c2)cc1. The van der Waals surface area contributed by atoms with Crippen LogP contribution in [0.25, 0.3) is 0 Å². The van der Waals surface area contributed by atoms with Crippen LogP contribution in [0.4, 0.5) is 0 Å². The average Bonchev–Trinajstić information content (AvgIpc) is 3.52. The van der Waals surface area contributed by atoms with Crippen LogP contribution in [-0.2, 0) is 18.0 Å². The number of epoxide rings is 1. The van der Waals surface area contributed by atoms with Crippen molar-refractivity contribution < 1.29 is 14.2 Å². The zero-order chi connectivity index (χ0) is 16.9. The molecule has 1 aliphatic rings. The summed E-state index contributed by atoms with van der Waals surface area (Å²) in [6, 6.07) is 26.3. The lowest BCUT2D eigenvalue weighted by Crippen LogP contribution is -1.99. The zero-order valence-corrected chi connectivity index (χ0v) is 13.9. The van der Waals surface area contributed by atoms with Crippen LogP contribution in [0.1, 0.15) is 22.8 Å². The molecule has 3 nitrogen and oxygen atoms in total. The molecule has 1 fully saturated rings. The third kappa shape index (κ3) is 4.40. The van der Waals surface area contributed by atoms with Gasteiger partial charge in [-0.15, -0.1) is 0 Å². The Balaban J connectivity index is 1.47. The Bertz CT molecular complexity index is 749. The van der Waals surface area contributed by atoms with Gasteiger partial charge in [0.15, 0.2) is 0 Å². The van der Waals surface area contributed by atoms with Gasteiger partial charge in [-0.05, 0) is 28.8 Å². The molecule has 0 bridgehead atoms. The minimum atomic E-state index is 0.166. The van der Waals surface area contributed by atoms with Gasteiger partial charge in [0, 0.05) is 6.07 Å². The summed E-state index contributed by atoms with van der Waals surface area (Å²) in [5, 5.41) is 0. The summed E-state index contributed by atoms with van der Waals surface area (Å²) < 4.78 is 17.4. The standard InChI is InChI=1S/C22H20O3/c1-3-7-17(8-4-1)14-23-20-11-19(22-16-25-22)12-21(13-20)24-15-18-9-5-2-6-10-18/h1-13,22H,14-16H2.